The number of hydrogen-bond donors (Lipinski definition) is 0. The first kappa shape index (κ1) is 23.9. The van der Waals surface area contributed by atoms with Gasteiger partial charge < -0.3 is 0 Å². The van der Waals surface area contributed by atoms with Gasteiger partial charge in [-0.05, 0) is 78.2 Å². The van der Waals surface area contributed by atoms with Crippen LogP contribution in [0.15, 0.2) is 152 Å². The second-order valence-electron chi connectivity index (χ2n) is 10.5. The number of hydrogen-bond acceptors (Lipinski definition) is 0. The van der Waals surface area contributed by atoms with E-state index in [2.05, 4.69) is 152 Å². The minimum atomic E-state index is 0.785. The van der Waals surface area contributed by atoms with E-state index in [9.17, 15) is 0 Å². The van der Waals surface area contributed by atoms with Crippen LogP contribution in [0.2, 0.25) is 5.02 Å². The fourth-order valence-corrected chi connectivity index (χ4v) is 6.87. The SMILES string of the molecule is Clc1ccc2c3c(cccc13)-c1c(-c3ccccc3)c(-c3ccccc3)c(-c3ccccc3)c(-c3ccccc3)c1-2. The topological polar surface area (TPSA) is 0 Å². The van der Waals surface area contributed by atoms with Crippen molar-refractivity contribution in [1.29, 1.82) is 0 Å². The van der Waals surface area contributed by atoms with E-state index in [1.807, 2.05) is 0 Å². The average molecular weight is 541 g/mol. The van der Waals surface area contributed by atoms with Crippen molar-refractivity contribution in [3.8, 4) is 66.8 Å². The van der Waals surface area contributed by atoms with Gasteiger partial charge in [-0.25, -0.2) is 0 Å². The second kappa shape index (κ2) is 9.63. The van der Waals surface area contributed by atoms with Crippen LogP contribution in [-0.2, 0) is 0 Å². The zero-order chi connectivity index (χ0) is 27.3. The molecule has 0 bridgehead atoms. The molecule has 41 heavy (non-hydrogen) atoms. The molecule has 0 atom stereocenters. The molecular formula is C40H25Cl. The van der Waals surface area contributed by atoms with Crippen molar-refractivity contribution in [2.24, 2.45) is 0 Å². The number of halogens is 1. The van der Waals surface area contributed by atoms with Gasteiger partial charge in [0.15, 0.2) is 0 Å². The van der Waals surface area contributed by atoms with Gasteiger partial charge in [-0.15, -0.1) is 0 Å². The van der Waals surface area contributed by atoms with Crippen LogP contribution >= 0.6 is 11.6 Å². The lowest BCUT2D eigenvalue weighted by Gasteiger charge is -2.26. The largest absolute Gasteiger partial charge is 0.0837 e. The van der Waals surface area contributed by atoms with Crippen molar-refractivity contribution in [1.82, 2.24) is 0 Å². The Bertz CT molecular complexity index is 1940. The predicted molar refractivity (Wildman–Crippen MR) is 175 cm³/mol. The highest BCUT2D eigenvalue weighted by atomic mass is 35.5. The first-order valence-electron chi connectivity index (χ1n) is 14.0. The van der Waals surface area contributed by atoms with Crippen LogP contribution in [0.1, 0.15) is 0 Å². The summed E-state index contributed by atoms with van der Waals surface area (Å²) in [4.78, 5) is 0. The minimum absolute atomic E-state index is 0.785. The standard InChI is InChI=1S/C40H25Cl/c41-33-25-24-32-38-30(33)22-13-23-31(38)39-36(28-18-9-3-10-19-28)34(26-14-5-1-6-15-26)35(27-16-7-2-8-17-27)37(40(32)39)29-20-11-4-12-21-29/h1-25H. The van der Waals surface area contributed by atoms with Gasteiger partial charge in [0, 0.05) is 10.4 Å². The fraction of sp³-hybridized carbons (Fsp3) is 0. The Morgan fingerprint density at radius 2 is 0.659 bits per heavy atom. The summed E-state index contributed by atoms with van der Waals surface area (Å²) in [5.74, 6) is 0. The highest BCUT2D eigenvalue weighted by Gasteiger charge is 2.33. The van der Waals surface area contributed by atoms with Crippen molar-refractivity contribution >= 4 is 22.4 Å². The zero-order valence-electron chi connectivity index (χ0n) is 22.3. The Morgan fingerprint density at radius 3 is 1.07 bits per heavy atom. The van der Waals surface area contributed by atoms with E-state index < -0.39 is 0 Å². The van der Waals surface area contributed by atoms with E-state index in [1.54, 1.807) is 0 Å². The smallest absolute Gasteiger partial charge is 0.0485 e. The summed E-state index contributed by atoms with van der Waals surface area (Å²) in [6.07, 6.45) is 0. The number of benzene rings is 7. The van der Waals surface area contributed by atoms with E-state index in [0.717, 1.165) is 10.4 Å². The average Bonchev–Trinajstić information content (AvgIpc) is 3.38. The van der Waals surface area contributed by atoms with E-state index in [-0.39, 0.29) is 0 Å². The second-order valence-corrected chi connectivity index (χ2v) is 10.9. The Morgan fingerprint density at radius 1 is 0.293 bits per heavy atom. The summed E-state index contributed by atoms with van der Waals surface area (Å²) >= 11 is 6.84. The molecule has 0 saturated carbocycles. The molecule has 1 heteroatoms. The lowest BCUT2D eigenvalue weighted by molar-refractivity contribution is 1.54. The van der Waals surface area contributed by atoms with Gasteiger partial charge in [-0.1, -0.05) is 157 Å². The third kappa shape index (κ3) is 3.69. The van der Waals surface area contributed by atoms with Crippen LogP contribution in [0.4, 0.5) is 0 Å². The number of fused-ring (bicyclic) bond motifs is 3. The van der Waals surface area contributed by atoms with Crippen molar-refractivity contribution in [2.75, 3.05) is 0 Å². The maximum atomic E-state index is 6.84. The third-order valence-electron chi connectivity index (χ3n) is 8.28. The molecule has 0 radical (unpaired) electrons. The minimum Gasteiger partial charge on any atom is -0.0837 e. The zero-order valence-corrected chi connectivity index (χ0v) is 23.1. The molecule has 1 aliphatic rings. The summed E-state index contributed by atoms with van der Waals surface area (Å²) in [6, 6.07) is 54.3. The molecule has 192 valence electrons. The molecule has 0 heterocycles. The molecule has 0 saturated heterocycles. The van der Waals surface area contributed by atoms with Crippen LogP contribution in [0.3, 0.4) is 0 Å². The normalized spacial score (nSPS) is 11.5. The van der Waals surface area contributed by atoms with Gasteiger partial charge in [0.25, 0.3) is 0 Å². The van der Waals surface area contributed by atoms with Crippen molar-refractivity contribution in [2.45, 2.75) is 0 Å². The van der Waals surface area contributed by atoms with Crippen molar-refractivity contribution in [3.63, 3.8) is 0 Å². The molecule has 0 aliphatic heterocycles. The molecule has 0 nitrogen and oxygen atoms in total. The van der Waals surface area contributed by atoms with E-state index in [4.69, 9.17) is 11.6 Å². The highest BCUT2D eigenvalue weighted by Crippen LogP contribution is 2.61. The Kier molecular flexibility index (Phi) is 5.62. The molecule has 1 aliphatic carbocycles. The Labute approximate surface area is 245 Å². The van der Waals surface area contributed by atoms with E-state index in [0.29, 0.717) is 0 Å². The van der Waals surface area contributed by atoms with Crippen LogP contribution in [-0.4, -0.2) is 0 Å². The van der Waals surface area contributed by atoms with Crippen LogP contribution < -0.4 is 0 Å². The van der Waals surface area contributed by atoms with Crippen molar-refractivity contribution < 1.29 is 0 Å². The van der Waals surface area contributed by atoms with Crippen LogP contribution in [0, 0.1) is 0 Å². The molecule has 8 rings (SSSR count). The molecule has 0 spiro atoms. The third-order valence-corrected chi connectivity index (χ3v) is 8.61. The summed E-state index contributed by atoms with van der Waals surface area (Å²) in [5.41, 5.74) is 14.8. The highest BCUT2D eigenvalue weighted by molar-refractivity contribution is 6.38. The first-order valence-corrected chi connectivity index (χ1v) is 14.4. The quantitative estimate of drug-likeness (QED) is 0.208. The van der Waals surface area contributed by atoms with Gasteiger partial charge in [0.05, 0.1) is 0 Å². The predicted octanol–water partition coefficient (Wildman–Crippen LogP) is 11.8. The molecule has 0 N–H and O–H groups in total. The van der Waals surface area contributed by atoms with Crippen LogP contribution in [0.5, 0.6) is 0 Å². The van der Waals surface area contributed by atoms with Crippen LogP contribution in [0.25, 0.3) is 77.5 Å². The molecule has 0 amide bonds. The molecule has 0 unspecified atom stereocenters. The van der Waals surface area contributed by atoms with Gasteiger partial charge in [0.1, 0.15) is 0 Å². The van der Waals surface area contributed by atoms with Gasteiger partial charge in [-0.2, -0.15) is 0 Å². The van der Waals surface area contributed by atoms with Gasteiger partial charge in [-0.3, -0.25) is 0 Å². The fourth-order valence-electron chi connectivity index (χ4n) is 6.65. The summed E-state index contributed by atoms with van der Waals surface area (Å²) < 4.78 is 0. The van der Waals surface area contributed by atoms with E-state index in [1.165, 1.54) is 72.1 Å². The molecule has 7 aromatic rings. The summed E-state index contributed by atoms with van der Waals surface area (Å²) in [6.45, 7) is 0. The van der Waals surface area contributed by atoms with Crippen molar-refractivity contribution in [3.05, 3.63) is 157 Å². The van der Waals surface area contributed by atoms with Gasteiger partial charge >= 0.3 is 0 Å². The molecule has 7 aromatic carbocycles. The lowest BCUT2D eigenvalue weighted by atomic mass is 9.76. The Hall–Kier alpha value is -4.91. The monoisotopic (exact) mass is 540 g/mol. The summed E-state index contributed by atoms with van der Waals surface area (Å²) in [7, 11) is 0. The maximum Gasteiger partial charge on any atom is 0.0485 e. The molecule has 0 aromatic heterocycles. The van der Waals surface area contributed by atoms with Gasteiger partial charge in [0.2, 0.25) is 0 Å². The van der Waals surface area contributed by atoms with E-state index >= 15 is 0 Å². The maximum absolute atomic E-state index is 6.84. The number of rotatable bonds is 4. The molecule has 0 fully saturated rings. The summed E-state index contributed by atoms with van der Waals surface area (Å²) in [5, 5.41) is 3.11. The first-order chi connectivity index (χ1) is 20.3. The molecular weight excluding hydrogens is 516 g/mol. The Balaban J connectivity index is 1.69. The lowest BCUT2D eigenvalue weighted by Crippen LogP contribution is -1.99.